The van der Waals surface area contributed by atoms with Crippen molar-refractivity contribution in [3.05, 3.63) is 89.9 Å². The van der Waals surface area contributed by atoms with Crippen molar-refractivity contribution in [2.75, 3.05) is 6.61 Å². The summed E-state index contributed by atoms with van der Waals surface area (Å²) >= 11 is 0. The van der Waals surface area contributed by atoms with Gasteiger partial charge in [-0.2, -0.15) is 0 Å². The Bertz CT molecular complexity index is 1440. The Morgan fingerprint density at radius 2 is 1.56 bits per heavy atom. The van der Waals surface area contributed by atoms with E-state index in [-0.39, 0.29) is 35.8 Å². The van der Waals surface area contributed by atoms with Gasteiger partial charge in [0.2, 0.25) is 0 Å². The molecule has 0 saturated carbocycles. The molecule has 7 heteroatoms. The molecule has 2 saturated heterocycles. The van der Waals surface area contributed by atoms with E-state index >= 15 is 0 Å². The zero-order chi connectivity index (χ0) is 24.2. The Hall–Kier alpha value is -4.00. The van der Waals surface area contributed by atoms with Crippen LogP contribution in [0.4, 0.5) is 4.79 Å². The number of nitrogens with zero attached hydrogens (tertiary/aromatic N) is 4. The van der Waals surface area contributed by atoms with E-state index in [1.54, 1.807) is 16.9 Å². The Labute approximate surface area is 208 Å². The summed E-state index contributed by atoms with van der Waals surface area (Å²) in [6.45, 7) is 0.324. The van der Waals surface area contributed by atoms with Crippen LogP contribution < -0.4 is 0 Å². The van der Waals surface area contributed by atoms with Gasteiger partial charge in [-0.3, -0.25) is 9.20 Å². The van der Waals surface area contributed by atoms with Crippen LogP contribution in [0.5, 0.6) is 0 Å². The van der Waals surface area contributed by atoms with Crippen molar-refractivity contribution in [3.8, 4) is 11.1 Å². The van der Waals surface area contributed by atoms with Gasteiger partial charge in [0, 0.05) is 35.7 Å². The van der Waals surface area contributed by atoms with Crippen LogP contribution in [-0.4, -0.2) is 50.1 Å². The molecule has 0 N–H and O–H groups in total. The van der Waals surface area contributed by atoms with E-state index in [9.17, 15) is 9.59 Å². The number of pyridine rings is 1. The molecular weight excluding hydrogens is 452 g/mol. The molecule has 1 amide bonds. The van der Waals surface area contributed by atoms with E-state index < -0.39 is 0 Å². The number of piperidine rings is 1. The van der Waals surface area contributed by atoms with Crippen molar-refractivity contribution in [2.24, 2.45) is 5.92 Å². The predicted octanol–water partition coefficient (Wildman–Crippen LogP) is 5.10. The van der Waals surface area contributed by atoms with Crippen LogP contribution in [0.2, 0.25) is 0 Å². The second kappa shape index (κ2) is 8.29. The molecule has 2 aromatic heterocycles. The minimum absolute atomic E-state index is 0.0469. The smallest absolute Gasteiger partial charge is 0.410 e. The SMILES string of the molecule is O=C(c1ccc2nncn2c1)C1CC2CCC(C1)N2C(=O)OCC1c2ccccc2-c2ccccc21. The van der Waals surface area contributed by atoms with Crippen LogP contribution in [0.25, 0.3) is 16.8 Å². The number of ketones is 1. The molecule has 36 heavy (non-hydrogen) atoms. The summed E-state index contributed by atoms with van der Waals surface area (Å²) in [5, 5.41) is 7.90. The van der Waals surface area contributed by atoms with Gasteiger partial charge < -0.3 is 9.64 Å². The van der Waals surface area contributed by atoms with Gasteiger partial charge in [-0.25, -0.2) is 4.79 Å². The standard InChI is InChI=1S/C29H26N4O3/c34-28(18-9-12-27-31-30-17-32(27)15-18)19-13-20-10-11-21(14-19)33(20)29(35)36-16-26-24-7-3-1-5-22(24)23-6-2-4-8-25(23)26/h1-9,12,15,17,19-21,26H,10-11,13-14,16H2. The molecule has 2 fully saturated rings. The maximum Gasteiger partial charge on any atom is 0.410 e. The normalized spacial score (nSPS) is 22.4. The summed E-state index contributed by atoms with van der Waals surface area (Å²) < 4.78 is 7.74. The molecule has 2 aliphatic heterocycles. The van der Waals surface area contributed by atoms with Crippen molar-refractivity contribution in [1.82, 2.24) is 19.5 Å². The van der Waals surface area contributed by atoms with Gasteiger partial charge in [0.15, 0.2) is 11.4 Å². The lowest BCUT2D eigenvalue weighted by Gasteiger charge is -2.37. The monoisotopic (exact) mass is 478 g/mol. The van der Waals surface area contributed by atoms with Crippen molar-refractivity contribution in [1.29, 1.82) is 0 Å². The first-order valence-corrected chi connectivity index (χ1v) is 12.6. The molecule has 2 aromatic carbocycles. The Morgan fingerprint density at radius 3 is 2.25 bits per heavy atom. The van der Waals surface area contributed by atoms with Gasteiger partial charge in [-0.15, -0.1) is 10.2 Å². The van der Waals surface area contributed by atoms with Crippen LogP contribution in [0.1, 0.15) is 53.1 Å². The van der Waals surface area contributed by atoms with Crippen LogP contribution >= 0.6 is 0 Å². The summed E-state index contributed by atoms with van der Waals surface area (Å²) in [4.78, 5) is 28.5. The molecule has 7 rings (SSSR count). The van der Waals surface area contributed by atoms with E-state index in [0.29, 0.717) is 25.0 Å². The van der Waals surface area contributed by atoms with Crippen LogP contribution in [0, 0.1) is 5.92 Å². The molecule has 7 nitrogen and oxygen atoms in total. The van der Waals surface area contributed by atoms with Crippen LogP contribution in [-0.2, 0) is 4.74 Å². The highest BCUT2D eigenvalue weighted by molar-refractivity contribution is 5.98. The third-order valence-electron chi connectivity index (χ3n) is 8.23. The number of Topliss-reactive ketones (excluding diaryl/α,β-unsaturated/α-hetero) is 1. The lowest BCUT2D eigenvalue weighted by Crippen LogP contribution is -2.48. The van der Waals surface area contributed by atoms with Crippen LogP contribution in [0.3, 0.4) is 0 Å². The number of carbonyl (C=O) groups is 2. The van der Waals surface area contributed by atoms with Gasteiger partial charge >= 0.3 is 6.09 Å². The second-order valence-electron chi connectivity index (χ2n) is 10.1. The van der Waals surface area contributed by atoms with Crippen molar-refractivity contribution in [3.63, 3.8) is 0 Å². The molecule has 2 atom stereocenters. The first-order valence-electron chi connectivity index (χ1n) is 12.6. The third kappa shape index (κ3) is 3.33. The van der Waals surface area contributed by atoms with Gasteiger partial charge in [0.05, 0.1) is 0 Å². The first kappa shape index (κ1) is 21.3. The zero-order valence-corrected chi connectivity index (χ0v) is 19.8. The highest BCUT2D eigenvalue weighted by Crippen LogP contribution is 2.45. The van der Waals surface area contributed by atoms with E-state index in [4.69, 9.17) is 4.74 Å². The fourth-order valence-corrected chi connectivity index (χ4v) is 6.57. The minimum atomic E-state index is -0.249. The number of carbonyl (C=O) groups excluding carboxylic acids is 2. The molecule has 180 valence electrons. The number of hydrogen-bond donors (Lipinski definition) is 0. The fraction of sp³-hybridized carbons (Fsp3) is 0.310. The van der Waals surface area contributed by atoms with Gasteiger partial charge in [0.25, 0.3) is 0 Å². The molecule has 3 aliphatic rings. The van der Waals surface area contributed by atoms with Gasteiger partial charge in [-0.1, -0.05) is 48.5 Å². The number of ether oxygens (including phenoxy) is 1. The summed E-state index contributed by atoms with van der Waals surface area (Å²) in [5.74, 6) is 0.0921. The maximum atomic E-state index is 13.3. The Kier molecular flexibility index (Phi) is 4.91. The number of rotatable bonds is 4. The minimum Gasteiger partial charge on any atom is -0.448 e. The first-order chi connectivity index (χ1) is 17.7. The number of benzene rings is 2. The predicted molar refractivity (Wildman–Crippen MR) is 134 cm³/mol. The molecular formula is C29H26N4O3. The van der Waals surface area contributed by atoms with E-state index in [1.807, 2.05) is 29.2 Å². The lowest BCUT2D eigenvalue weighted by atomic mass is 9.85. The average molecular weight is 479 g/mol. The van der Waals surface area contributed by atoms with Crippen molar-refractivity contribution in [2.45, 2.75) is 43.7 Å². The summed E-state index contributed by atoms with van der Waals surface area (Å²) in [6, 6.07) is 20.5. The molecule has 0 spiro atoms. The lowest BCUT2D eigenvalue weighted by molar-refractivity contribution is 0.0506. The highest BCUT2D eigenvalue weighted by Gasteiger charge is 2.46. The summed E-state index contributed by atoms with van der Waals surface area (Å²) in [5.41, 5.74) is 6.25. The average Bonchev–Trinajstić information content (AvgIpc) is 3.59. The zero-order valence-electron chi connectivity index (χ0n) is 19.8. The number of amides is 1. The van der Waals surface area contributed by atoms with Gasteiger partial charge in [0.1, 0.15) is 12.9 Å². The Balaban J connectivity index is 1.05. The summed E-state index contributed by atoms with van der Waals surface area (Å²) in [6.07, 6.45) is 6.36. The molecule has 1 aliphatic carbocycles. The highest BCUT2D eigenvalue weighted by atomic mass is 16.6. The van der Waals surface area contributed by atoms with E-state index in [2.05, 4.69) is 46.6 Å². The fourth-order valence-electron chi connectivity index (χ4n) is 6.57. The molecule has 0 radical (unpaired) electrons. The van der Waals surface area contributed by atoms with E-state index in [0.717, 1.165) is 18.5 Å². The number of fused-ring (bicyclic) bond motifs is 6. The molecule has 4 heterocycles. The second-order valence-corrected chi connectivity index (χ2v) is 10.1. The summed E-state index contributed by atoms with van der Waals surface area (Å²) in [7, 11) is 0. The largest absolute Gasteiger partial charge is 0.448 e. The maximum absolute atomic E-state index is 13.3. The molecule has 2 bridgehead atoms. The Morgan fingerprint density at radius 1 is 0.889 bits per heavy atom. The molecule has 2 unspecified atom stereocenters. The van der Waals surface area contributed by atoms with Crippen LogP contribution in [0.15, 0.2) is 73.2 Å². The third-order valence-corrected chi connectivity index (χ3v) is 8.23. The van der Waals surface area contributed by atoms with Crippen molar-refractivity contribution < 1.29 is 14.3 Å². The topological polar surface area (TPSA) is 76.8 Å². The van der Waals surface area contributed by atoms with Crippen molar-refractivity contribution >= 4 is 17.5 Å². The quantitative estimate of drug-likeness (QED) is 0.381. The number of hydrogen-bond acceptors (Lipinski definition) is 5. The number of aromatic nitrogens is 3. The van der Waals surface area contributed by atoms with E-state index in [1.165, 1.54) is 22.3 Å². The van der Waals surface area contributed by atoms with Gasteiger partial charge in [-0.05, 0) is 60.1 Å². The molecule has 4 aromatic rings.